The van der Waals surface area contributed by atoms with Crippen molar-refractivity contribution in [3.8, 4) is 0 Å². The van der Waals surface area contributed by atoms with Crippen molar-refractivity contribution in [2.45, 2.75) is 77.2 Å². The van der Waals surface area contributed by atoms with Crippen molar-refractivity contribution in [3.63, 3.8) is 0 Å². The van der Waals surface area contributed by atoms with Crippen molar-refractivity contribution in [2.24, 2.45) is 11.7 Å². The summed E-state index contributed by atoms with van der Waals surface area (Å²) in [4.78, 5) is 4.65. The van der Waals surface area contributed by atoms with E-state index in [-0.39, 0.29) is 5.41 Å². The Bertz CT molecular complexity index is 431. The second-order valence-corrected chi connectivity index (χ2v) is 7.27. The predicted octanol–water partition coefficient (Wildman–Crippen LogP) is 3.38. The van der Waals surface area contributed by atoms with Crippen molar-refractivity contribution < 1.29 is 4.52 Å². The highest BCUT2D eigenvalue weighted by atomic mass is 16.5. The van der Waals surface area contributed by atoms with Crippen molar-refractivity contribution in [1.82, 2.24) is 10.1 Å². The van der Waals surface area contributed by atoms with Crippen LogP contribution in [-0.4, -0.2) is 15.7 Å². The minimum atomic E-state index is -0.392. The molecule has 1 heterocycles. The Hall–Kier alpha value is -0.900. The van der Waals surface area contributed by atoms with Gasteiger partial charge in [-0.3, -0.25) is 0 Å². The summed E-state index contributed by atoms with van der Waals surface area (Å²) in [6.45, 7) is 10.4. The van der Waals surface area contributed by atoms with E-state index >= 15 is 0 Å². The van der Waals surface area contributed by atoms with Crippen LogP contribution in [0.2, 0.25) is 0 Å². The minimum Gasteiger partial charge on any atom is -0.339 e. The average molecular weight is 265 g/mol. The maximum absolute atomic E-state index is 6.23. The molecule has 1 aliphatic carbocycles. The lowest BCUT2D eigenvalue weighted by molar-refractivity contribution is 0.222. The first kappa shape index (κ1) is 14.5. The number of nitrogens with two attached hydrogens (primary N) is 1. The quantitative estimate of drug-likeness (QED) is 0.910. The monoisotopic (exact) mass is 265 g/mol. The lowest BCUT2D eigenvalue weighted by atomic mass is 9.75. The number of hydrogen-bond acceptors (Lipinski definition) is 4. The third-order valence-electron chi connectivity index (χ3n) is 4.89. The molecule has 2 unspecified atom stereocenters. The molecule has 2 atom stereocenters. The molecule has 1 fully saturated rings. The normalized spacial score (nSPS) is 25.6. The van der Waals surface area contributed by atoms with E-state index in [0.717, 1.165) is 11.7 Å². The van der Waals surface area contributed by atoms with E-state index in [1.807, 2.05) is 13.8 Å². The van der Waals surface area contributed by atoms with Gasteiger partial charge in [-0.1, -0.05) is 24.9 Å². The molecule has 1 saturated carbocycles. The van der Waals surface area contributed by atoms with Gasteiger partial charge in [-0.2, -0.15) is 4.98 Å². The van der Waals surface area contributed by atoms with Gasteiger partial charge in [0.05, 0.1) is 5.41 Å². The Balaban J connectivity index is 2.19. The molecular formula is C15H27N3O. The highest BCUT2D eigenvalue weighted by Crippen LogP contribution is 2.37. The van der Waals surface area contributed by atoms with Gasteiger partial charge in [0.25, 0.3) is 0 Å². The Kier molecular flexibility index (Phi) is 3.74. The third kappa shape index (κ3) is 2.83. The first-order valence-corrected chi connectivity index (χ1v) is 7.35. The molecule has 0 spiro atoms. The molecule has 1 aromatic rings. The molecule has 0 amide bonds. The van der Waals surface area contributed by atoms with Gasteiger partial charge in [0, 0.05) is 11.5 Å². The third-order valence-corrected chi connectivity index (χ3v) is 4.89. The molecule has 0 aromatic carbocycles. The molecule has 4 nitrogen and oxygen atoms in total. The fourth-order valence-electron chi connectivity index (χ4n) is 2.60. The van der Waals surface area contributed by atoms with E-state index in [4.69, 9.17) is 10.3 Å². The van der Waals surface area contributed by atoms with Crippen LogP contribution in [-0.2, 0) is 5.41 Å². The van der Waals surface area contributed by atoms with Gasteiger partial charge >= 0.3 is 0 Å². The standard InChI is InChI=1S/C15H27N3O/c1-10-7-6-8-11(9-10)12-17-13(19-18-12)14(2,3)15(4,5)16/h10-11H,6-9,16H2,1-5H3. The molecule has 0 aliphatic heterocycles. The van der Waals surface area contributed by atoms with Crippen LogP contribution in [0.3, 0.4) is 0 Å². The fraction of sp³-hybridized carbons (Fsp3) is 0.867. The maximum atomic E-state index is 6.23. The number of aromatic nitrogens is 2. The summed E-state index contributed by atoms with van der Waals surface area (Å²) in [5.74, 6) is 2.75. The van der Waals surface area contributed by atoms with E-state index in [1.165, 1.54) is 25.7 Å². The first-order valence-electron chi connectivity index (χ1n) is 7.35. The van der Waals surface area contributed by atoms with Gasteiger partial charge in [0.2, 0.25) is 5.89 Å². The molecule has 1 aromatic heterocycles. The van der Waals surface area contributed by atoms with E-state index < -0.39 is 5.54 Å². The molecule has 0 bridgehead atoms. The summed E-state index contributed by atoms with van der Waals surface area (Å²) in [5, 5.41) is 4.21. The molecule has 108 valence electrons. The average Bonchev–Trinajstić information content (AvgIpc) is 2.77. The smallest absolute Gasteiger partial charge is 0.234 e. The molecular weight excluding hydrogens is 238 g/mol. The topological polar surface area (TPSA) is 64.9 Å². The van der Waals surface area contributed by atoms with Gasteiger partial charge in [-0.05, 0) is 46.5 Å². The van der Waals surface area contributed by atoms with Crippen LogP contribution in [0, 0.1) is 5.92 Å². The SMILES string of the molecule is CC1CCCC(c2noc(C(C)(C)C(C)(C)N)n2)C1. The highest BCUT2D eigenvalue weighted by molar-refractivity contribution is 5.12. The summed E-state index contributed by atoms with van der Waals surface area (Å²) in [5.41, 5.74) is 5.51. The Morgan fingerprint density at radius 1 is 1.21 bits per heavy atom. The molecule has 19 heavy (non-hydrogen) atoms. The molecule has 0 saturated heterocycles. The van der Waals surface area contributed by atoms with Crippen molar-refractivity contribution in [3.05, 3.63) is 11.7 Å². The van der Waals surface area contributed by atoms with Crippen molar-refractivity contribution in [1.29, 1.82) is 0 Å². The first-order chi connectivity index (χ1) is 8.72. The van der Waals surface area contributed by atoms with Crippen LogP contribution in [0.15, 0.2) is 4.52 Å². The van der Waals surface area contributed by atoms with Gasteiger partial charge < -0.3 is 10.3 Å². The molecule has 0 radical (unpaired) electrons. The van der Waals surface area contributed by atoms with E-state index in [0.29, 0.717) is 11.8 Å². The van der Waals surface area contributed by atoms with Crippen LogP contribution < -0.4 is 5.73 Å². The highest BCUT2D eigenvalue weighted by Gasteiger charge is 2.40. The Labute approximate surface area is 116 Å². The van der Waals surface area contributed by atoms with Crippen LogP contribution in [0.4, 0.5) is 0 Å². The van der Waals surface area contributed by atoms with Gasteiger partial charge in [0.15, 0.2) is 5.82 Å². The maximum Gasteiger partial charge on any atom is 0.234 e. The molecule has 4 heteroatoms. The summed E-state index contributed by atoms with van der Waals surface area (Å²) in [6, 6.07) is 0. The fourth-order valence-corrected chi connectivity index (χ4v) is 2.60. The molecule has 2 N–H and O–H groups in total. The number of nitrogens with zero attached hydrogens (tertiary/aromatic N) is 2. The number of hydrogen-bond donors (Lipinski definition) is 1. The summed E-state index contributed by atoms with van der Waals surface area (Å²) >= 11 is 0. The van der Waals surface area contributed by atoms with Gasteiger partial charge in [-0.25, -0.2) is 0 Å². The van der Waals surface area contributed by atoms with Crippen molar-refractivity contribution >= 4 is 0 Å². The van der Waals surface area contributed by atoms with E-state index in [9.17, 15) is 0 Å². The van der Waals surface area contributed by atoms with Crippen LogP contribution in [0.1, 0.15) is 77.9 Å². The van der Waals surface area contributed by atoms with Crippen molar-refractivity contribution in [2.75, 3.05) is 0 Å². The zero-order valence-corrected chi connectivity index (χ0v) is 12.9. The minimum absolute atomic E-state index is 0.321. The molecule has 1 aliphatic rings. The second-order valence-electron chi connectivity index (χ2n) is 7.27. The summed E-state index contributed by atoms with van der Waals surface area (Å²) in [7, 11) is 0. The zero-order chi connectivity index (χ0) is 14.3. The van der Waals surface area contributed by atoms with Crippen LogP contribution in [0.25, 0.3) is 0 Å². The van der Waals surface area contributed by atoms with Crippen LogP contribution in [0.5, 0.6) is 0 Å². The lowest BCUT2D eigenvalue weighted by Crippen LogP contribution is -2.50. The summed E-state index contributed by atoms with van der Waals surface area (Å²) in [6.07, 6.45) is 4.94. The zero-order valence-electron chi connectivity index (χ0n) is 12.9. The van der Waals surface area contributed by atoms with Gasteiger partial charge in [0.1, 0.15) is 0 Å². The van der Waals surface area contributed by atoms with E-state index in [2.05, 4.69) is 30.9 Å². The second kappa shape index (κ2) is 4.89. The summed E-state index contributed by atoms with van der Waals surface area (Å²) < 4.78 is 5.50. The lowest BCUT2D eigenvalue weighted by Gasteiger charge is -2.34. The Morgan fingerprint density at radius 2 is 1.89 bits per heavy atom. The predicted molar refractivity (Wildman–Crippen MR) is 76.0 cm³/mol. The van der Waals surface area contributed by atoms with E-state index in [1.54, 1.807) is 0 Å². The molecule has 2 rings (SSSR count). The van der Waals surface area contributed by atoms with Crippen LogP contribution >= 0.6 is 0 Å². The van der Waals surface area contributed by atoms with Gasteiger partial charge in [-0.15, -0.1) is 0 Å². The largest absolute Gasteiger partial charge is 0.339 e. The number of rotatable bonds is 3. The Morgan fingerprint density at radius 3 is 2.47 bits per heavy atom.